The Morgan fingerprint density at radius 3 is 2.84 bits per heavy atom. The van der Waals surface area contributed by atoms with Crippen molar-refractivity contribution in [3.05, 3.63) is 47.5 Å². The van der Waals surface area contributed by atoms with Crippen molar-refractivity contribution in [3.63, 3.8) is 0 Å². The molecule has 0 saturated carbocycles. The topological polar surface area (TPSA) is 58.6 Å². The van der Waals surface area contributed by atoms with Crippen LogP contribution in [0.25, 0.3) is 0 Å². The maximum atomic E-state index is 13.1. The summed E-state index contributed by atoms with van der Waals surface area (Å²) < 4.78 is 6.12. The van der Waals surface area contributed by atoms with E-state index in [0.29, 0.717) is 19.6 Å². The number of carbonyl (C=O) groups excluding carboxylic acids is 2. The van der Waals surface area contributed by atoms with Crippen molar-refractivity contribution in [2.24, 2.45) is 11.8 Å². The minimum Gasteiger partial charge on any atom is -0.360 e. The highest BCUT2D eigenvalue weighted by molar-refractivity contribution is 5.93. The fraction of sp³-hybridized carbons (Fsp3) is 0.500. The van der Waals surface area contributed by atoms with Gasteiger partial charge in [-0.3, -0.25) is 9.59 Å². The SMILES string of the molecule is CCCNC(=O)C1C2C=CC3(CN(Cc4ccc(C)cc4)C(=O)C13)O2. The molecule has 25 heavy (non-hydrogen) atoms. The standard InChI is InChI=1S/C20H24N2O3/c1-3-10-21-18(23)16-15-8-9-20(25-15)12-22(19(24)17(16)20)11-14-6-4-13(2)5-7-14/h4-9,15-17H,3,10-12H2,1-2H3,(H,21,23). The highest BCUT2D eigenvalue weighted by Crippen LogP contribution is 2.52. The van der Waals surface area contributed by atoms with Gasteiger partial charge < -0.3 is 15.0 Å². The Balaban J connectivity index is 1.55. The van der Waals surface area contributed by atoms with Crippen molar-refractivity contribution in [2.45, 2.75) is 38.5 Å². The molecule has 1 aromatic rings. The van der Waals surface area contributed by atoms with Crippen LogP contribution in [-0.4, -0.2) is 41.5 Å². The molecule has 1 aromatic carbocycles. The number of carbonyl (C=O) groups is 2. The van der Waals surface area contributed by atoms with Gasteiger partial charge in [-0.15, -0.1) is 0 Å². The summed E-state index contributed by atoms with van der Waals surface area (Å²) in [5.41, 5.74) is 1.67. The Hall–Kier alpha value is -2.14. The van der Waals surface area contributed by atoms with E-state index in [9.17, 15) is 9.59 Å². The van der Waals surface area contributed by atoms with E-state index in [2.05, 4.69) is 17.4 Å². The number of nitrogens with one attached hydrogen (secondary N) is 1. The van der Waals surface area contributed by atoms with E-state index < -0.39 is 17.4 Å². The van der Waals surface area contributed by atoms with Crippen LogP contribution in [0.4, 0.5) is 0 Å². The number of benzene rings is 1. The van der Waals surface area contributed by atoms with E-state index in [4.69, 9.17) is 4.74 Å². The van der Waals surface area contributed by atoms with Crippen molar-refractivity contribution in [2.75, 3.05) is 13.1 Å². The largest absolute Gasteiger partial charge is 0.360 e. The third-order valence-electron chi connectivity index (χ3n) is 5.52. The van der Waals surface area contributed by atoms with Crippen molar-refractivity contribution in [3.8, 4) is 0 Å². The molecule has 2 amide bonds. The number of nitrogens with zero attached hydrogens (tertiary/aromatic N) is 1. The van der Waals surface area contributed by atoms with Crippen molar-refractivity contribution in [1.82, 2.24) is 10.2 Å². The smallest absolute Gasteiger partial charge is 0.230 e. The first kappa shape index (κ1) is 16.3. The number of aryl methyl sites for hydroxylation is 1. The van der Waals surface area contributed by atoms with Gasteiger partial charge in [0.2, 0.25) is 11.8 Å². The summed E-state index contributed by atoms with van der Waals surface area (Å²) in [6.45, 7) is 5.78. The summed E-state index contributed by atoms with van der Waals surface area (Å²) in [5.74, 6) is -0.838. The molecular formula is C20H24N2O3. The Morgan fingerprint density at radius 1 is 1.36 bits per heavy atom. The van der Waals surface area contributed by atoms with Crippen LogP contribution in [0.2, 0.25) is 0 Å². The number of amides is 2. The van der Waals surface area contributed by atoms with Crippen molar-refractivity contribution in [1.29, 1.82) is 0 Å². The first-order valence-electron chi connectivity index (χ1n) is 9.03. The Labute approximate surface area is 148 Å². The molecule has 4 unspecified atom stereocenters. The van der Waals surface area contributed by atoms with Crippen LogP contribution in [-0.2, 0) is 20.9 Å². The third kappa shape index (κ3) is 2.58. The predicted octanol–water partition coefficient (Wildman–Crippen LogP) is 1.80. The average molecular weight is 340 g/mol. The summed E-state index contributed by atoms with van der Waals surface area (Å²) in [6.07, 6.45) is 4.56. The second-order valence-electron chi connectivity index (χ2n) is 7.37. The monoisotopic (exact) mass is 340 g/mol. The molecular weight excluding hydrogens is 316 g/mol. The molecule has 4 atom stereocenters. The van der Waals surface area contributed by atoms with Crippen LogP contribution in [0.5, 0.6) is 0 Å². The first-order valence-corrected chi connectivity index (χ1v) is 9.03. The Kier molecular flexibility index (Phi) is 3.91. The second-order valence-corrected chi connectivity index (χ2v) is 7.37. The highest BCUT2D eigenvalue weighted by Gasteiger charge is 2.66. The number of hydrogen-bond acceptors (Lipinski definition) is 3. The van der Waals surface area contributed by atoms with E-state index in [1.165, 1.54) is 5.56 Å². The van der Waals surface area contributed by atoms with Gasteiger partial charge in [-0.2, -0.15) is 0 Å². The van der Waals surface area contributed by atoms with Crippen LogP contribution < -0.4 is 5.32 Å². The van der Waals surface area contributed by atoms with E-state index in [-0.39, 0.29) is 17.9 Å². The van der Waals surface area contributed by atoms with E-state index >= 15 is 0 Å². The van der Waals surface area contributed by atoms with Gasteiger partial charge in [0.1, 0.15) is 5.60 Å². The van der Waals surface area contributed by atoms with E-state index in [0.717, 1.165) is 12.0 Å². The Morgan fingerprint density at radius 2 is 2.12 bits per heavy atom. The molecule has 2 bridgehead atoms. The second kappa shape index (κ2) is 5.99. The molecule has 3 heterocycles. The van der Waals surface area contributed by atoms with Gasteiger partial charge in [-0.25, -0.2) is 0 Å². The quantitative estimate of drug-likeness (QED) is 0.832. The maximum Gasteiger partial charge on any atom is 0.230 e. The number of fused-ring (bicyclic) bond motifs is 1. The van der Waals surface area contributed by atoms with E-state index in [1.807, 2.05) is 43.0 Å². The summed E-state index contributed by atoms with van der Waals surface area (Å²) in [5, 5.41) is 2.94. The molecule has 3 aliphatic heterocycles. The summed E-state index contributed by atoms with van der Waals surface area (Å²) in [4.78, 5) is 27.5. The van der Waals surface area contributed by atoms with Gasteiger partial charge in [-0.05, 0) is 18.9 Å². The van der Waals surface area contributed by atoms with Gasteiger partial charge in [0, 0.05) is 13.1 Å². The van der Waals surface area contributed by atoms with Gasteiger partial charge in [-0.1, -0.05) is 48.9 Å². The number of rotatable bonds is 5. The number of hydrogen-bond donors (Lipinski definition) is 1. The molecule has 5 heteroatoms. The fourth-order valence-electron chi connectivity index (χ4n) is 4.29. The fourth-order valence-corrected chi connectivity index (χ4v) is 4.29. The zero-order chi connectivity index (χ0) is 17.6. The lowest BCUT2D eigenvalue weighted by Gasteiger charge is -2.23. The lowest BCUT2D eigenvalue weighted by molar-refractivity contribution is -0.137. The van der Waals surface area contributed by atoms with Gasteiger partial charge in [0.05, 0.1) is 24.5 Å². The summed E-state index contributed by atoms with van der Waals surface area (Å²) in [6, 6.07) is 8.21. The predicted molar refractivity (Wildman–Crippen MR) is 93.6 cm³/mol. The van der Waals surface area contributed by atoms with Gasteiger partial charge in [0.15, 0.2) is 0 Å². The molecule has 0 aliphatic carbocycles. The van der Waals surface area contributed by atoms with Crippen LogP contribution in [0.15, 0.2) is 36.4 Å². The molecule has 5 nitrogen and oxygen atoms in total. The lowest BCUT2D eigenvalue weighted by Crippen LogP contribution is -2.44. The summed E-state index contributed by atoms with van der Waals surface area (Å²) >= 11 is 0. The molecule has 1 N–H and O–H groups in total. The van der Waals surface area contributed by atoms with Crippen molar-refractivity contribution < 1.29 is 14.3 Å². The zero-order valence-electron chi connectivity index (χ0n) is 14.7. The third-order valence-corrected chi connectivity index (χ3v) is 5.52. The molecule has 2 fully saturated rings. The minimum absolute atomic E-state index is 0.0315. The normalized spacial score (nSPS) is 32.3. The van der Waals surface area contributed by atoms with E-state index in [1.54, 1.807) is 0 Å². The maximum absolute atomic E-state index is 13.1. The number of likely N-dealkylation sites (tertiary alicyclic amines) is 1. The van der Waals surface area contributed by atoms with Crippen LogP contribution >= 0.6 is 0 Å². The molecule has 2 saturated heterocycles. The molecule has 0 radical (unpaired) electrons. The average Bonchev–Trinajstić information content (AvgIpc) is 3.23. The van der Waals surface area contributed by atoms with Crippen molar-refractivity contribution >= 4 is 11.8 Å². The molecule has 1 spiro atoms. The molecule has 3 aliphatic rings. The van der Waals surface area contributed by atoms with Crippen LogP contribution in [0, 0.1) is 18.8 Å². The highest BCUT2D eigenvalue weighted by atomic mass is 16.5. The molecule has 0 aromatic heterocycles. The van der Waals surface area contributed by atoms with Crippen LogP contribution in [0.1, 0.15) is 24.5 Å². The molecule has 132 valence electrons. The Bertz CT molecular complexity index is 727. The number of ether oxygens (including phenoxy) is 1. The summed E-state index contributed by atoms with van der Waals surface area (Å²) in [7, 11) is 0. The van der Waals surface area contributed by atoms with Gasteiger partial charge >= 0.3 is 0 Å². The van der Waals surface area contributed by atoms with Crippen LogP contribution in [0.3, 0.4) is 0 Å². The lowest BCUT2D eigenvalue weighted by atomic mass is 9.77. The first-order chi connectivity index (χ1) is 12.0. The zero-order valence-corrected chi connectivity index (χ0v) is 14.7. The molecule has 4 rings (SSSR count). The van der Waals surface area contributed by atoms with Gasteiger partial charge in [0.25, 0.3) is 0 Å². The minimum atomic E-state index is -0.624.